The number of hydrogen-bond donors (Lipinski definition) is 2. The first-order valence-electron chi connectivity index (χ1n) is 15.6. The molecule has 49 heavy (non-hydrogen) atoms. The fourth-order valence-electron chi connectivity index (χ4n) is 4.91. The summed E-state index contributed by atoms with van der Waals surface area (Å²) in [5, 5.41) is 16.4. The predicted molar refractivity (Wildman–Crippen MR) is 174 cm³/mol. The van der Waals surface area contributed by atoms with Gasteiger partial charge in [0.25, 0.3) is 6.26 Å². The minimum atomic E-state index is -4.49. The van der Waals surface area contributed by atoms with Crippen LogP contribution in [0.25, 0.3) is 5.52 Å². The van der Waals surface area contributed by atoms with E-state index in [0.29, 0.717) is 5.52 Å². The third-order valence-electron chi connectivity index (χ3n) is 7.66. The van der Waals surface area contributed by atoms with E-state index in [1.165, 1.54) is 30.1 Å². The van der Waals surface area contributed by atoms with Crippen LogP contribution in [0, 0.1) is 11.5 Å². The van der Waals surface area contributed by atoms with E-state index >= 15 is 0 Å². The molecule has 2 heterocycles. The van der Waals surface area contributed by atoms with Crippen LogP contribution in [0.5, 0.6) is 5.75 Å². The zero-order valence-corrected chi connectivity index (χ0v) is 29.0. The molecular weight excluding hydrogens is 659 g/mol. The molecule has 1 aliphatic rings. The van der Waals surface area contributed by atoms with Crippen molar-refractivity contribution in [3.05, 3.63) is 54.0 Å². The molecule has 3 N–H and O–H groups in total. The first kappa shape index (κ1) is 37.1. The van der Waals surface area contributed by atoms with Crippen molar-refractivity contribution in [3.63, 3.8) is 0 Å². The molecule has 1 aromatic carbocycles. The molecule has 0 aliphatic heterocycles. The first-order chi connectivity index (χ1) is 23.1. The highest BCUT2D eigenvalue weighted by molar-refractivity contribution is 7.52. The molecule has 5 atom stereocenters. The standard InChI is InChI=1S/C32H41N6O10P/c1-19(31(41)47-23-8-7-9-23)37-49(42,48-24-12-10-22(11-13-24)32(4,5)6)44-16-27(43-17-33)29(46-21(3)40)28(45-20(2)39)25-14-15-26-30(34)35-18-36-38(25)26/h10-15,18-19,23,27-29H,7-9,16H2,1-6H3,(H,37,42)(H2,34,35,36)/t19-,27+,28-,29+,49?/m0/s1. The molecule has 1 fully saturated rings. The lowest BCUT2D eigenvalue weighted by Crippen LogP contribution is -2.43. The van der Waals surface area contributed by atoms with Gasteiger partial charge in [-0.3, -0.25) is 18.9 Å². The van der Waals surface area contributed by atoms with Gasteiger partial charge < -0.3 is 29.2 Å². The summed E-state index contributed by atoms with van der Waals surface area (Å²) < 4.78 is 49.2. The lowest BCUT2D eigenvalue weighted by atomic mass is 9.87. The van der Waals surface area contributed by atoms with Crippen LogP contribution < -0.4 is 15.3 Å². The second-order valence-electron chi connectivity index (χ2n) is 12.6. The molecule has 0 spiro atoms. The van der Waals surface area contributed by atoms with Gasteiger partial charge in [-0.2, -0.15) is 15.4 Å². The number of nitrogens with one attached hydrogen (secondary N) is 1. The third-order valence-corrected chi connectivity index (χ3v) is 9.31. The number of carbonyl (C=O) groups excluding carboxylic acids is 3. The number of rotatable bonds is 15. The molecule has 1 saturated carbocycles. The SMILES string of the molecule is CC(=O)O[C@H]([C@@H](COP(=O)(N[C@@H](C)C(=O)OC1CCC1)Oc1ccc(C(C)(C)C)cc1)OC#N)[C@@H](OC(C)=O)c1ccc2c(N)ncnn12. The fraction of sp³-hybridized carbons (Fsp3) is 0.500. The van der Waals surface area contributed by atoms with Crippen LogP contribution in [0.15, 0.2) is 42.7 Å². The molecule has 0 saturated heterocycles. The number of fused-ring (bicyclic) bond motifs is 1. The Balaban J connectivity index is 1.67. The Bertz CT molecular complexity index is 1730. The number of esters is 3. The molecule has 1 aliphatic carbocycles. The average molecular weight is 701 g/mol. The molecular formula is C32H41N6O10P. The van der Waals surface area contributed by atoms with E-state index in [4.69, 9.17) is 33.7 Å². The number of nitrogen functional groups attached to an aromatic ring is 1. The van der Waals surface area contributed by atoms with Gasteiger partial charge in [-0.05, 0) is 61.4 Å². The van der Waals surface area contributed by atoms with Gasteiger partial charge >= 0.3 is 25.7 Å². The minimum absolute atomic E-state index is 0.115. The zero-order chi connectivity index (χ0) is 35.9. The van der Waals surface area contributed by atoms with Crippen LogP contribution >= 0.6 is 7.75 Å². The van der Waals surface area contributed by atoms with E-state index < -0.39 is 56.6 Å². The number of nitrogens with two attached hydrogens (primary N) is 1. The van der Waals surface area contributed by atoms with Gasteiger partial charge in [-0.15, -0.1) is 0 Å². The van der Waals surface area contributed by atoms with E-state index in [-0.39, 0.29) is 28.8 Å². The number of nitrogens with zero attached hydrogens (tertiary/aromatic N) is 4. The second-order valence-corrected chi connectivity index (χ2v) is 14.2. The Hall–Kier alpha value is -4.71. The average Bonchev–Trinajstić information content (AvgIpc) is 3.43. The molecule has 17 heteroatoms. The molecule has 2 aromatic heterocycles. The first-order valence-corrected chi connectivity index (χ1v) is 17.1. The van der Waals surface area contributed by atoms with Crippen molar-refractivity contribution in [2.75, 3.05) is 12.3 Å². The summed E-state index contributed by atoms with van der Waals surface area (Å²) >= 11 is 0. The summed E-state index contributed by atoms with van der Waals surface area (Å²) in [6, 6.07) is 8.73. The van der Waals surface area contributed by atoms with Crippen LogP contribution in [0.3, 0.4) is 0 Å². The molecule has 4 rings (SSSR count). The van der Waals surface area contributed by atoms with Crippen molar-refractivity contribution in [3.8, 4) is 12.0 Å². The summed E-state index contributed by atoms with van der Waals surface area (Å²) in [6.45, 7) is 9.05. The van der Waals surface area contributed by atoms with E-state index in [9.17, 15) is 24.2 Å². The highest BCUT2D eigenvalue weighted by atomic mass is 31.2. The summed E-state index contributed by atoms with van der Waals surface area (Å²) in [7, 11) is -4.49. The van der Waals surface area contributed by atoms with Gasteiger partial charge in [-0.1, -0.05) is 32.9 Å². The Labute approximate surface area is 283 Å². The van der Waals surface area contributed by atoms with Gasteiger partial charge in [0.05, 0.1) is 5.69 Å². The highest BCUT2D eigenvalue weighted by Gasteiger charge is 2.42. The number of anilines is 1. The lowest BCUT2D eigenvalue weighted by Gasteiger charge is -2.32. The van der Waals surface area contributed by atoms with E-state index in [2.05, 4.69) is 15.2 Å². The van der Waals surface area contributed by atoms with Crippen LogP contribution in [0.1, 0.15) is 78.2 Å². The topological polar surface area (TPSA) is 216 Å². The largest absolute Gasteiger partial charge is 0.461 e. The summed E-state index contributed by atoms with van der Waals surface area (Å²) in [5.41, 5.74) is 7.33. The Kier molecular flexibility index (Phi) is 11.9. The van der Waals surface area contributed by atoms with E-state index in [1.54, 1.807) is 30.3 Å². The van der Waals surface area contributed by atoms with Crippen molar-refractivity contribution in [2.45, 2.75) is 96.7 Å². The van der Waals surface area contributed by atoms with E-state index in [1.807, 2.05) is 20.8 Å². The smallest absolute Gasteiger partial charge is 0.459 e. The number of hydrogen-bond acceptors (Lipinski definition) is 14. The molecule has 16 nitrogen and oxygen atoms in total. The van der Waals surface area contributed by atoms with Crippen molar-refractivity contribution in [1.82, 2.24) is 19.7 Å². The Morgan fingerprint density at radius 1 is 1.10 bits per heavy atom. The van der Waals surface area contributed by atoms with Crippen LogP contribution in [0.4, 0.5) is 5.82 Å². The molecule has 264 valence electrons. The van der Waals surface area contributed by atoms with Crippen molar-refractivity contribution in [2.24, 2.45) is 0 Å². The van der Waals surface area contributed by atoms with Crippen molar-refractivity contribution in [1.29, 1.82) is 5.26 Å². The van der Waals surface area contributed by atoms with Gasteiger partial charge in [0.2, 0.25) is 0 Å². The van der Waals surface area contributed by atoms with Crippen LogP contribution in [-0.4, -0.2) is 63.5 Å². The summed E-state index contributed by atoms with van der Waals surface area (Å²) in [5.74, 6) is -2.01. The Morgan fingerprint density at radius 2 is 1.78 bits per heavy atom. The Morgan fingerprint density at radius 3 is 2.35 bits per heavy atom. The molecule has 0 radical (unpaired) electrons. The van der Waals surface area contributed by atoms with Crippen LogP contribution in [-0.2, 0) is 47.8 Å². The normalized spacial score (nSPS) is 16.9. The van der Waals surface area contributed by atoms with Gasteiger partial charge in [-0.25, -0.2) is 14.1 Å². The number of carbonyl (C=O) groups is 3. The second kappa shape index (κ2) is 15.7. The monoisotopic (exact) mass is 700 g/mol. The minimum Gasteiger partial charge on any atom is -0.461 e. The maximum Gasteiger partial charge on any atom is 0.459 e. The maximum absolute atomic E-state index is 14.4. The number of nitriles is 1. The van der Waals surface area contributed by atoms with Gasteiger partial charge in [0.15, 0.2) is 24.1 Å². The summed E-state index contributed by atoms with van der Waals surface area (Å²) in [4.78, 5) is 41.5. The molecule has 0 amide bonds. The summed E-state index contributed by atoms with van der Waals surface area (Å²) in [6.07, 6.45) is 0.336. The number of aromatic nitrogens is 3. The lowest BCUT2D eigenvalue weighted by molar-refractivity contribution is -0.177. The quantitative estimate of drug-likeness (QED) is 0.0979. The number of benzene rings is 1. The molecule has 0 bridgehead atoms. The fourth-order valence-corrected chi connectivity index (χ4v) is 6.41. The van der Waals surface area contributed by atoms with Gasteiger partial charge in [0, 0.05) is 13.8 Å². The zero-order valence-electron chi connectivity index (χ0n) is 28.2. The maximum atomic E-state index is 14.4. The highest BCUT2D eigenvalue weighted by Crippen LogP contribution is 2.46. The van der Waals surface area contributed by atoms with Crippen LogP contribution in [0.2, 0.25) is 0 Å². The number of ether oxygens (including phenoxy) is 4. The molecule has 1 unspecified atom stereocenters. The van der Waals surface area contributed by atoms with Gasteiger partial charge in [0.1, 0.15) is 36.3 Å². The third kappa shape index (κ3) is 9.69. The van der Waals surface area contributed by atoms with Crippen molar-refractivity contribution < 1.29 is 46.9 Å². The predicted octanol–water partition coefficient (Wildman–Crippen LogP) is 4.29. The van der Waals surface area contributed by atoms with Crippen molar-refractivity contribution >= 4 is 37.0 Å². The van der Waals surface area contributed by atoms with E-state index in [0.717, 1.165) is 38.7 Å². The molecule has 3 aromatic rings.